The Labute approximate surface area is 371 Å². The molecule has 0 spiro atoms. The average Bonchev–Trinajstić information content (AvgIpc) is 3.99. The number of allylic oxidation sites excluding steroid dienone is 12. The van der Waals surface area contributed by atoms with Crippen LogP contribution in [-0.2, 0) is 46.5 Å². The van der Waals surface area contributed by atoms with Crippen molar-refractivity contribution in [3.63, 3.8) is 0 Å². The molecule has 16 heteroatoms. The van der Waals surface area contributed by atoms with E-state index < -0.39 is 66.2 Å². The summed E-state index contributed by atoms with van der Waals surface area (Å²) >= 11 is 0. The molecule has 0 aromatic heterocycles. The largest absolute Gasteiger partial charge is 0.472 e. The van der Waals surface area contributed by atoms with Crippen LogP contribution in [0.15, 0.2) is 85.1 Å². The number of phosphoric acid groups is 2. The number of rotatable bonds is 40. The summed E-state index contributed by atoms with van der Waals surface area (Å²) < 4.78 is 53.5. The van der Waals surface area contributed by atoms with Crippen molar-refractivity contribution < 1.29 is 66.3 Å². The van der Waals surface area contributed by atoms with E-state index in [1.165, 1.54) is 38.5 Å². The highest BCUT2D eigenvalue weighted by atomic mass is 31.2. The van der Waals surface area contributed by atoms with Crippen molar-refractivity contribution in [3.8, 4) is 0 Å². The number of aliphatic hydroxyl groups is 1. The zero-order valence-electron chi connectivity index (χ0n) is 37.1. The Kier molecular flexibility index (Phi) is 34.8. The topological polar surface area (TPSA) is 208 Å². The van der Waals surface area contributed by atoms with Crippen LogP contribution in [0.5, 0.6) is 0 Å². The molecule has 0 bridgehead atoms. The second-order valence-electron chi connectivity index (χ2n) is 15.0. The SMILES string of the molecule is CCCCC/C=C\C/C=C\C/C=C\C/C=C\CCCC(=O)O[C@H](COC(=O)CCC/C=C\CC1OC1C/C=C\C/C=C\CCCCC)COP(=O)(O)OC[C@@H](O)COP(=O)(O)O. The zero-order valence-corrected chi connectivity index (χ0v) is 38.9. The fraction of sp³-hybridized carbons (Fsp3) is 0.652. The number of carbonyl (C=O) groups excluding carboxylic acids is 2. The summed E-state index contributed by atoms with van der Waals surface area (Å²) in [6.45, 7) is 1.55. The number of carbonyl (C=O) groups is 2. The number of aliphatic hydroxyl groups excluding tert-OH is 1. The molecule has 0 amide bonds. The minimum absolute atomic E-state index is 0.0358. The molecule has 1 rings (SSSR count). The molecule has 0 aromatic rings. The van der Waals surface area contributed by atoms with E-state index in [1.54, 1.807) is 0 Å². The number of epoxide rings is 1. The van der Waals surface area contributed by atoms with Gasteiger partial charge in [-0.1, -0.05) is 125 Å². The maximum Gasteiger partial charge on any atom is 0.472 e. The predicted molar refractivity (Wildman–Crippen MR) is 243 cm³/mol. The molecule has 4 N–H and O–H groups in total. The highest BCUT2D eigenvalue weighted by Crippen LogP contribution is 2.44. The Morgan fingerprint density at radius 1 is 0.548 bits per heavy atom. The number of phosphoric ester groups is 2. The monoisotopic (exact) mass is 914 g/mol. The summed E-state index contributed by atoms with van der Waals surface area (Å²) in [5, 5.41) is 9.75. The second kappa shape index (κ2) is 37.6. The van der Waals surface area contributed by atoms with Gasteiger partial charge >= 0.3 is 27.6 Å². The van der Waals surface area contributed by atoms with Crippen LogP contribution >= 0.6 is 15.6 Å². The number of hydrogen-bond donors (Lipinski definition) is 4. The molecule has 3 unspecified atom stereocenters. The van der Waals surface area contributed by atoms with Gasteiger partial charge in [-0.3, -0.25) is 23.2 Å². The van der Waals surface area contributed by atoms with Gasteiger partial charge in [-0.2, -0.15) is 0 Å². The fourth-order valence-electron chi connectivity index (χ4n) is 5.61. The molecule has 14 nitrogen and oxygen atoms in total. The molecular formula is C46H76O14P2. The molecule has 0 aliphatic carbocycles. The van der Waals surface area contributed by atoms with Gasteiger partial charge in [0.25, 0.3) is 0 Å². The van der Waals surface area contributed by atoms with Crippen LogP contribution in [0, 0.1) is 0 Å². The van der Waals surface area contributed by atoms with Crippen LogP contribution in [0.4, 0.5) is 0 Å². The zero-order chi connectivity index (χ0) is 45.6. The molecule has 0 aromatic carbocycles. The maximum absolute atomic E-state index is 12.7. The fourth-order valence-corrected chi connectivity index (χ4v) is 6.76. The minimum Gasteiger partial charge on any atom is -0.462 e. The van der Waals surface area contributed by atoms with Gasteiger partial charge in [0.2, 0.25) is 0 Å². The first-order chi connectivity index (χ1) is 29.8. The Bertz CT molecular complexity index is 1480. The number of esters is 2. The van der Waals surface area contributed by atoms with E-state index >= 15 is 0 Å². The van der Waals surface area contributed by atoms with Gasteiger partial charge in [-0.05, 0) is 89.9 Å². The van der Waals surface area contributed by atoms with E-state index in [4.69, 9.17) is 28.5 Å². The Morgan fingerprint density at radius 2 is 0.968 bits per heavy atom. The number of hydrogen-bond acceptors (Lipinski definition) is 11. The number of ether oxygens (including phenoxy) is 3. The standard InChI is InChI=1S/C46H76O14P2/c1-3-5-7-9-11-13-14-15-16-17-18-19-20-22-24-26-32-36-46(49)59-42(40-58-62(53,54)57-38-41(47)37-56-61(50,51)52)39-55-45(48)35-31-28-27-30-34-44-43(60-44)33-29-25-23-21-12-10-8-6-4-2/h11-13,15-16,18-19,21-22,24-25,27,29-30,41-44,47H,3-10,14,17,20,23,26,28,31-40H2,1-2H3,(H,53,54)(H2,50,51,52)/b13-11-,16-15-,19-18-,21-12-,24-22-,29-25-,30-27-/t41-,42+,43?,44?/m0/s1. The summed E-state index contributed by atoms with van der Waals surface area (Å²) in [5.41, 5.74) is 0. The first kappa shape index (κ1) is 57.3. The average molecular weight is 915 g/mol. The van der Waals surface area contributed by atoms with Crippen molar-refractivity contribution in [3.05, 3.63) is 85.1 Å². The third kappa shape index (κ3) is 37.8. The summed E-state index contributed by atoms with van der Waals surface area (Å²) in [6.07, 6.45) is 44.7. The van der Waals surface area contributed by atoms with Crippen LogP contribution in [0.25, 0.3) is 0 Å². The third-order valence-corrected chi connectivity index (χ3v) is 10.6. The van der Waals surface area contributed by atoms with Crippen LogP contribution in [-0.4, -0.2) is 82.6 Å². The van der Waals surface area contributed by atoms with E-state index in [2.05, 4.69) is 83.7 Å². The lowest BCUT2D eigenvalue weighted by molar-refractivity contribution is -0.161. The lowest BCUT2D eigenvalue weighted by Gasteiger charge is -2.20. The Balaban J connectivity index is 2.45. The molecule has 1 heterocycles. The van der Waals surface area contributed by atoms with Crippen molar-refractivity contribution in [2.45, 2.75) is 167 Å². The molecule has 354 valence electrons. The predicted octanol–water partition coefficient (Wildman–Crippen LogP) is 10.5. The molecule has 0 radical (unpaired) electrons. The molecule has 1 fully saturated rings. The van der Waals surface area contributed by atoms with Gasteiger partial charge < -0.3 is 34.0 Å². The van der Waals surface area contributed by atoms with E-state index in [1.807, 2.05) is 24.3 Å². The van der Waals surface area contributed by atoms with Crippen molar-refractivity contribution >= 4 is 27.6 Å². The van der Waals surface area contributed by atoms with E-state index in [0.29, 0.717) is 25.7 Å². The molecule has 0 saturated carbocycles. The third-order valence-electron chi connectivity index (χ3n) is 9.15. The molecule has 1 saturated heterocycles. The van der Waals surface area contributed by atoms with Gasteiger partial charge in [-0.15, -0.1) is 0 Å². The smallest absolute Gasteiger partial charge is 0.462 e. The van der Waals surface area contributed by atoms with Gasteiger partial charge in [0.05, 0.1) is 32.0 Å². The molecular weight excluding hydrogens is 838 g/mol. The molecule has 5 atom stereocenters. The number of unbranched alkanes of at least 4 members (excludes halogenated alkanes) is 8. The lowest BCUT2D eigenvalue weighted by Crippen LogP contribution is -2.29. The van der Waals surface area contributed by atoms with Crippen molar-refractivity contribution in [1.82, 2.24) is 0 Å². The van der Waals surface area contributed by atoms with Crippen molar-refractivity contribution in [1.29, 1.82) is 0 Å². The Hall–Kier alpha value is -2.74. The summed E-state index contributed by atoms with van der Waals surface area (Å²) in [6, 6.07) is 0. The molecule has 1 aliphatic heterocycles. The van der Waals surface area contributed by atoms with Crippen LogP contribution in [0.3, 0.4) is 0 Å². The van der Waals surface area contributed by atoms with Crippen LogP contribution in [0.1, 0.15) is 142 Å². The highest BCUT2D eigenvalue weighted by Gasteiger charge is 2.36. The van der Waals surface area contributed by atoms with Crippen molar-refractivity contribution in [2.24, 2.45) is 0 Å². The Morgan fingerprint density at radius 3 is 1.48 bits per heavy atom. The van der Waals surface area contributed by atoms with Crippen LogP contribution in [0.2, 0.25) is 0 Å². The first-order valence-electron chi connectivity index (χ1n) is 22.4. The molecule has 62 heavy (non-hydrogen) atoms. The summed E-state index contributed by atoms with van der Waals surface area (Å²) in [7, 11) is -9.73. The summed E-state index contributed by atoms with van der Waals surface area (Å²) in [4.78, 5) is 52.8. The van der Waals surface area contributed by atoms with Gasteiger partial charge in [0.1, 0.15) is 12.7 Å². The summed E-state index contributed by atoms with van der Waals surface area (Å²) in [5.74, 6) is -1.18. The maximum atomic E-state index is 12.7. The first-order valence-corrected chi connectivity index (χ1v) is 25.4. The quantitative estimate of drug-likeness (QED) is 0.0148. The second-order valence-corrected chi connectivity index (χ2v) is 17.7. The minimum atomic E-state index is -4.88. The van der Waals surface area contributed by atoms with E-state index in [9.17, 15) is 28.7 Å². The van der Waals surface area contributed by atoms with E-state index in [-0.39, 0.29) is 25.0 Å². The van der Waals surface area contributed by atoms with Crippen molar-refractivity contribution in [2.75, 3.05) is 26.4 Å². The lowest BCUT2D eigenvalue weighted by atomic mass is 10.1. The van der Waals surface area contributed by atoms with Gasteiger partial charge in [0, 0.05) is 12.8 Å². The normalized spacial score (nSPS) is 18.0. The van der Waals surface area contributed by atoms with Gasteiger partial charge in [-0.25, -0.2) is 9.13 Å². The van der Waals surface area contributed by atoms with Gasteiger partial charge in [0.15, 0.2) is 6.10 Å². The van der Waals surface area contributed by atoms with E-state index in [0.717, 1.165) is 51.4 Å². The molecule has 1 aliphatic rings. The van der Waals surface area contributed by atoms with Crippen LogP contribution < -0.4 is 0 Å². The highest BCUT2D eigenvalue weighted by molar-refractivity contribution is 7.47.